The number of nitriles is 1. The Labute approximate surface area is 189 Å². The van der Waals surface area contributed by atoms with Gasteiger partial charge in [0.15, 0.2) is 0 Å². The fourth-order valence-corrected chi connectivity index (χ4v) is 5.27. The van der Waals surface area contributed by atoms with Crippen LogP contribution < -0.4 is 4.90 Å². The molecule has 1 fully saturated rings. The number of benzene rings is 2. The fourth-order valence-electron chi connectivity index (χ4n) is 4.19. The Kier molecular flexibility index (Phi) is 7.84. The molecular weight excluding hydrogens is 408 g/mol. The molecule has 0 atom stereocenters. The summed E-state index contributed by atoms with van der Waals surface area (Å²) in [5.74, 6) is 0. The van der Waals surface area contributed by atoms with Crippen molar-refractivity contribution in [2.24, 2.45) is 0 Å². The number of fused-ring (bicyclic) bond motifs is 2. The van der Waals surface area contributed by atoms with Gasteiger partial charge in [-0.05, 0) is 43.3 Å². The van der Waals surface area contributed by atoms with Crippen LogP contribution in [0.25, 0.3) is 0 Å². The van der Waals surface area contributed by atoms with Crippen LogP contribution in [-0.2, 0) is 4.74 Å². The standard InChI is InChI=1S/C24H30N4O2S/c25-19-20-6-7-24-22(18-20)28(21-4-1-2-5-23(21)31-24)9-3-8-26-10-12-27(13-11-26)14-16-30-17-15-29/h1-2,4-7,18,29H,3,8-17H2. The van der Waals surface area contributed by atoms with Crippen molar-refractivity contribution in [3.05, 3.63) is 48.0 Å². The predicted octanol–water partition coefficient (Wildman–Crippen LogP) is 3.18. The summed E-state index contributed by atoms with van der Waals surface area (Å²) in [6, 6.07) is 16.8. The lowest BCUT2D eigenvalue weighted by Gasteiger charge is -2.36. The van der Waals surface area contributed by atoms with Crippen LogP contribution in [0, 0.1) is 11.3 Å². The first kappa shape index (κ1) is 22.1. The molecule has 0 spiro atoms. The molecule has 4 rings (SSSR count). The van der Waals surface area contributed by atoms with Gasteiger partial charge in [-0.25, -0.2) is 0 Å². The molecule has 0 saturated carbocycles. The number of nitrogens with zero attached hydrogens (tertiary/aromatic N) is 4. The molecule has 164 valence electrons. The van der Waals surface area contributed by atoms with Crippen molar-refractivity contribution in [3.63, 3.8) is 0 Å². The number of hydrogen-bond acceptors (Lipinski definition) is 7. The van der Waals surface area contributed by atoms with Gasteiger partial charge in [0.25, 0.3) is 0 Å². The van der Waals surface area contributed by atoms with Gasteiger partial charge in [0.2, 0.25) is 0 Å². The topological polar surface area (TPSA) is 63.0 Å². The lowest BCUT2D eigenvalue weighted by Crippen LogP contribution is -2.47. The van der Waals surface area contributed by atoms with Gasteiger partial charge in [0, 0.05) is 49.1 Å². The summed E-state index contributed by atoms with van der Waals surface area (Å²) in [7, 11) is 0. The summed E-state index contributed by atoms with van der Waals surface area (Å²) in [6.45, 7) is 8.48. The monoisotopic (exact) mass is 438 g/mol. The van der Waals surface area contributed by atoms with Gasteiger partial charge < -0.3 is 19.6 Å². The van der Waals surface area contributed by atoms with E-state index in [4.69, 9.17) is 9.84 Å². The number of para-hydroxylation sites is 1. The molecule has 2 heterocycles. The lowest BCUT2D eigenvalue weighted by molar-refractivity contribution is 0.0575. The maximum Gasteiger partial charge on any atom is 0.0992 e. The molecule has 0 amide bonds. The van der Waals surface area contributed by atoms with Gasteiger partial charge in [-0.3, -0.25) is 4.90 Å². The molecule has 0 aromatic heterocycles. The van der Waals surface area contributed by atoms with E-state index in [1.807, 2.05) is 12.1 Å². The summed E-state index contributed by atoms with van der Waals surface area (Å²) in [5, 5.41) is 18.1. The molecule has 31 heavy (non-hydrogen) atoms. The average Bonchev–Trinajstić information content (AvgIpc) is 2.82. The van der Waals surface area contributed by atoms with E-state index in [2.05, 4.69) is 51.1 Å². The van der Waals surface area contributed by atoms with E-state index < -0.39 is 0 Å². The minimum Gasteiger partial charge on any atom is -0.394 e. The fraction of sp³-hybridized carbons (Fsp3) is 0.458. The van der Waals surface area contributed by atoms with Crippen LogP contribution in [0.5, 0.6) is 0 Å². The highest BCUT2D eigenvalue weighted by Gasteiger charge is 2.24. The van der Waals surface area contributed by atoms with E-state index in [-0.39, 0.29) is 6.61 Å². The molecule has 2 aromatic rings. The minimum atomic E-state index is 0.0935. The van der Waals surface area contributed by atoms with Gasteiger partial charge in [-0.2, -0.15) is 5.26 Å². The zero-order chi connectivity index (χ0) is 21.5. The molecule has 1 saturated heterocycles. The number of piperazine rings is 1. The van der Waals surface area contributed by atoms with Crippen LogP contribution in [0.2, 0.25) is 0 Å². The van der Waals surface area contributed by atoms with Crippen LogP contribution in [0.15, 0.2) is 52.3 Å². The van der Waals surface area contributed by atoms with Crippen molar-refractivity contribution < 1.29 is 9.84 Å². The maximum absolute atomic E-state index is 9.36. The van der Waals surface area contributed by atoms with E-state index in [1.54, 1.807) is 11.8 Å². The van der Waals surface area contributed by atoms with Gasteiger partial charge in [-0.1, -0.05) is 23.9 Å². The van der Waals surface area contributed by atoms with Gasteiger partial charge in [0.05, 0.1) is 42.8 Å². The predicted molar refractivity (Wildman–Crippen MR) is 124 cm³/mol. The Balaban J connectivity index is 1.32. The zero-order valence-electron chi connectivity index (χ0n) is 17.9. The van der Waals surface area contributed by atoms with E-state index >= 15 is 0 Å². The summed E-state index contributed by atoms with van der Waals surface area (Å²) in [4.78, 5) is 9.86. The Bertz CT molecular complexity index is 909. The van der Waals surface area contributed by atoms with Gasteiger partial charge >= 0.3 is 0 Å². The lowest BCUT2D eigenvalue weighted by atomic mass is 10.1. The van der Waals surface area contributed by atoms with Crippen LogP contribution in [0.4, 0.5) is 11.4 Å². The largest absolute Gasteiger partial charge is 0.394 e. The number of aliphatic hydroxyl groups excluding tert-OH is 1. The van der Waals surface area contributed by atoms with Crippen molar-refractivity contribution >= 4 is 23.1 Å². The number of rotatable bonds is 9. The molecule has 2 aromatic carbocycles. The molecule has 2 aliphatic rings. The summed E-state index contributed by atoms with van der Waals surface area (Å²) in [5.41, 5.74) is 3.10. The Morgan fingerprint density at radius 1 is 0.903 bits per heavy atom. The normalized spacial score (nSPS) is 16.6. The second kappa shape index (κ2) is 11.0. The number of hydrogen-bond donors (Lipinski definition) is 1. The van der Waals surface area contributed by atoms with Crippen molar-refractivity contribution in [2.75, 3.05) is 70.5 Å². The molecule has 0 aliphatic carbocycles. The zero-order valence-corrected chi connectivity index (χ0v) is 18.7. The van der Waals surface area contributed by atoms with Crippen molar-refractivity contribution in [3.8, 4) is 6.07 Å². The number of aliphatic hydroxyl groups is 1. The molecule has 1 N–H and O–H groups in total. The molecular formula is C24H30N4O2S. The maximum atomic E-state index is 9.36. The molecule has 7 heteroatoms. The highest BCUT2D eigenvalue weighted by Crippen LogP contribution is 2.48. The van der Waals surface area contributed by atoms with E-state index in [1.165, 1.54) is 15.5 Å². The third-order valence-electron chi connectivity index (χ3n) is 5.86. The second-order valence-corrected chi connectivity index (χ2v) is 8.97. The van der Waals surface area contributed by atoms with Crippen LogP contribution in [0.1, 0.15) is 12.0 Å². The average molecular weight is 439 g/mol. The SMILES string of the molecule is N#Cc1ccc2c(c1)N(CCCN1CCN(CCOCCO)CC1)c1ccccc1S2. The molecule has 0 unspecified atom stereocenters. The first-order valence-electron chi connectivity index (χ1n) is 11.0. The minimum absolute atomic E-state index is 0.0935. The Morgan fingerprint density at radius 2 is 1.65 bits per heavy atom. The smallest absolute Gasteiger partial charge is 0.0992 e. The molecule has 6 nitrogen and oxygen atoms in total. The molecule has 0 bridgehead atoms. The van der Waals surface area contributed by atoms with Crippen molar-refractivity contribution in [1.82, 2.24) is 9.80 Å². The summed E-state index contributed by atoms with van der Waals surface area (Å²) >= 11 is 1.79. The first-order chi connectivity index (χ1) is 15.3. The highest BCUT2D eigenvalue weighted by atomic mass is 32.2. The number of ether oxygens (including phenoxy) is 1. The van der Waals surface area contributed by atoms with Crippen LogP contribution >= 0.6 is 11.8 Å². The third-order valence-corrected chi connectivity index (χ3v) is 6.99. The van der Waals surface area contributed by atoms with Crippen LogP contribution in [-0.4, -0.2) is 80.5 Å². The second-order valence-electron chi connectivity index (χ2n) is 7.89. The van der Waals surface area contributed by atoms with Crippen LogP contribution in [0.3, 0.4) is 0 Å². The van der Waals surface area contributed by atoms with Gasteiger partial charge in [0.1, 0.15) is 0 Å². The van der Waals surface area contributed by atoms with E-state index in [0.717, 1.165) is 57.9 Å². The Hall–Kier alpha value is -2.08. The number of anilines is 2. The van der Waals surface area contributed by atoms with Crippen molar-refractivity contribution in [2.45, 2.75) is 16.2 Å². The van der Waals surface area contributed by atoms with Crippen molar-refractivity contribution in [1.29, 1.82) is 5.26 Å². The van der Waals surface area contributed by atoms with E-state index in [0.29, 0.717) is 18.8 Å². The third kappa shape index (κ3) is 5.59. The van der Waals surface area contributed by atoms with E-state index in [9.17, 15) is 5.26 Å². The summed E-state index contributed by atoms with van der Waals surface area (Å²) < 4.78 is 5.39. The quantitative estimate of drug-likeness (QED) is 0.603. The summed E-state index contributed by atoms with van der Waals surface area (Å²) in [6.07, 6.45) is 1.08. The van der Waals surface area contributed by atoms with Gasteiger partial charge in [-0.15, -0.1) is 0 Å². The highest BCUT2D eigenvalue weighted by molar-refractivity contribution is 7.99. The molecule has 2 aliphatic heterocycles. The molecule has 0 radical (unpaired) electrons. The Morgan fingerprint density at radius 3 is 2.42 bits per heavy atom. The first-order valence-corrected chi connectivity index (χ1v) is 11.8.